The van der Waals surface area contributed by atoms with Gasteiger partial charge < -0.3 is 15.2 Å². The van der Waals surface area contributed by atoms with Gasteiger partial charge in [-0.05, 0) is 18.2 Å². The van der Waals surface area contributed by atoms with Crippen LogP contribution in [0.3, 0.4) is 0 Å². The van der Waals surface area contributed by atoms with E-state index in [1.54, 1.807) is 11.4 Å². The van der Waals surface area contributed by atoms with E-state index in [0.717, 1.165) is 10.0 Å². The molecule has 1 aromatic rings. The summed E-state index contributed by atoms with van der Waals surface area (Å²) in [4.78, 5) is 10.7. The van der Waals surface area contributed by atoms with E-state index >= 15 is 0 Å². The van der Waals surface area contributed by atoms with Crippen LogP contribution in [0.15, 0.2) is 22.7 Å². The Bertz CT molecular complexity index is 429. The highest BCUT2D eigenvalue weighted by atomic mass is 79.9. The van der Waals surface area contributed by atoms with Gasteiger partial charge in [-0.2, -0.15) is 0 Å². The Labute approximate surface area is 105 Å². The zero-order valence-electron chi connectivity index (χ0n) is 8.15. The Balaban J connectivity index is 2.20. The van der Waals surface area contributed by atoms with Crippen molar-refractivity contribution in [2.75, 3.05) is 5.75 Å². The van der Waals surface area contributed by atoms with Crippen LogP contribution in [0.1, 0.15) is 10.9 Å². The first-order chi connectivity index (χ1) is 7.58. The smallest absolute Gasteiger partial charge is 0.160 e. The molecule has 0 bridgehead atoms. The molecule has 0 saturated carbocycles. The van der Waals surface area contributed by atoms with Crippen molar-refractivity contribution < 1.29 is 19.6 Å². The first-order valence-electron chi connectivity index (χ1n) is 4.70. The van der Waals surface area contributed by atoms with Gasteiger partial charge in [-0.3, -0.25) is 0 Å². The number of halogens is 2. The topological polar surface area (TPSA) is 56.7 Å². The highest BCUT2D eigenvalue weighted by molar-refractivity contribution is 9.10. The average Bonchev–Trinajstić information content (AvgIpc) is 2.70. The van der Waals surface area contributed by atoms with E-state index in [2.05, 4.69) is 15.9 Å². The second kappa shape index (κ2) is 4.73. The molecule has 0 aromatic heterocycles. The third-order valence-corrected chi connectivity index (χ3v) is 4.47. The number of hydrogen-bond acceptors (Lipinski definition) is 3. The molecule has 6 heteroatoms. The number of rotatable bonds is 2. The monoisotopic (exact) mass is 305 g/mol. The maximum Gasteiger partial charge on any atom is 0.160 e. The third-order valence-electron chi connectivity index (χ3n) is 2.43. The molecule has 0 radical (unpaired) electrons. The van der Waals surface area contributed by atoms with Crippen LogP contribution in [0.2, 0.25) is 0 Å². The lowest BCUT2D eigenvalue weighted by Gasteiger charge is -2.12. The molecule has 1 aliphatic heterocycles. The average molecular weight is 306 g/mol. The van der Waals surface area contributed by atoms with Crippen LogP contribution in [-0.2, 0) is 4.79 Å². The molecule has 0 unspecified atom stereocenters. The van der Waals surface area contributed by atoms with E-state index < -0.39 is 12.0 Å². The van der Waals surface area contributed by atoms with E-state index in [1.165, 1.54) is 23.9 Å². The molecule has 86 valence electrons. The van der Waals surface area contributed by atoms with E-state index in [9.17, 15) is 14.3 Å². The minimum Gasteiger partial charge on any atom is -0.544 e. The molecule has 1 aliphatic rings. The van der Waals surface area contributed by atoms with Crippen LogP contribution >= 0.6 is 27.7 Å². The molecule has 3 nitrogen and oxygen atoms in total. The molecule has 2 atom stereocenters. The molecule has 1 aromatic carbocycles. The summed E-state index contributed by atoms with van der Waals surface area (Å²) in [6.07, 6.45) is 0. The van der Waals surface area contributed by atoms with E-state index in [1.807, 2.05) is 0 Å². The normalized spacial score (nSPS) is 24.6. The van der Waals surface area contributed by atoms with Crippen molar-refractivity contribution in [1.82, 2.24) is 0 Å². The van der Waals surface area contributed by atoms with Gasteiger partial charge in [0.2, 0.25) is 0 Å². The van der Waals surface area contributed by atoms with Crippen LogP contribution in [0.5, 0.6) is 0 Å². The summed E-state index contributed by atoms with van der Waals surface area (Å²) in [7, 11) is 0. The van der Waals surface area contributed by atoms with Gasteiger partial charge in [0.1, 0.15) is 17.8 Å². The van der Waals surface area contributed by atoms with Gasteiger partial charge in [0, 0.05) is 10.0 Å². The number of thioether (sulfide) groups is 1. The summed E-state index contributed by atoms with van der Waals surface area (Å²) in [6.45, 7) is 0. The Morgan fingerprint density at radius 1 is 1.62 bits per heavy atom. The molecule has 0 spiro atoms. The van der Waals surface area contributed by atoms with E-state index in [0.29, 0.717) is 5.75 Å². The Morgan fingerprint density at radius 3 is 3.00 bits per heavy atom. The molecule has 1 fully saturated rings. The number of aliphatic carboxylic acids is 1. The lowest BCUT2D eigenvalue weighted by Crippen LogP contribution is -2.90. The molecule has 2 N–H and O–H groups in total. The van der Waals surface area contributed by atoms with E-state index in [-0.39, 0.29) is 11.2 Å². The fourth-order valence-corrected chi connectivity index (χ4v) is 3.58. The first kappa shape index (κ1) is 11.9. The minimum atomic E-state index is -1.07. The zero-order valence-corrected chi connectivity index (χ0v) is 10.6. The van der Waals surface area contributed by atoms with Crippen molar-refractivity contribution >= 4 is 33.7 Å². The molecule has 0 aliphatic carbocycles. The van der Waals surface area contributed by atoms with Gasteiger partial charge in [0.05, 0.1) is 5.75 Å². The van der Waals surface area contributed by atoms with Crippen molar-refractivity contribution in [3.63, 3.8) is 0 Å². The van der Waals surface area contributed by atoms with Crippen LogP contribution in [0, 0.1) is 5.82 Å². The number of carboxylic acids is 1. The van der Waals surface area contributed by atoms with Crippen LogP contribution in [0.25, 0.3) is 0 Å². The van der Waals surface area contributed by atoms with Gasteiger partial charge in [-0.15, -0.1) is 0 Å². The number of hydrogen-bond donors (Lipinski definition) is 1. The van der Waals surface area contributed by atoms with Gasteiger partial charge in [-0.25, -0.2) is 4.39 Å². The summed E-state index contributed by atoms with van der Waals surface area (Å²) in [5.74, 6) is -0.901. The van der Waals surface area contributed by atoms with Crippen molar-refractivity contribution in [3.8, 4) is 0 Å². The maximum absolute atomic E-state index is 13.1. The first-order valence-corrected chi connectivity index (χ1v) is 6.54. The molecular weight excluding hydrogens is 297 g/mol. The number of benzene rings is 1. The Hall–Kier alpha value is -0.590. The number of carbonyl (C=O) groups is 1. The lowest BCUT2D eigenvalue weighted by atomic mass is 10.2. The standard InChI is InChI=1S/C10H9BrFNO2S/c11-7-2-1-5(12)3-6(7)9-13-8(4-16-9)10(14)15/h1-3,8-9,13H,4H2,(H,14,15)/t8-,9-/m1/s1. The number of carbonyl (C=O) groups excluding carboxylic acids is 1. The van der Waals surface area contributed by atoms with Crippen molar-refractivity contribution in [3.05, 3.63) is 34.1 Å². The third kappa shape index (κ3) is 2.39. The summed E-state index contributed by atoms with van der Waals surface area (Å²) < 4.78 is 13.9. The van der Waals surface area contributed by atoms with Crippen LogP contribution in [-0.4, -0.2) is 17.8 Å². The fourth-order valence-electron chi connectivity index (χ4n) is 1.60. The Morgan fingerprint density at radius 2 is 2.38 bits per heavy atom. The summed E-state index contributed by atoms with van der Waals surface area (Å²) in [5.41, 5.74) is 0.772. The second-order valence-electron chi connectivity index (χ2n) is 3.54. The largest absolute Gasteiger partial charge is 0.544 e. The molecule has 16 heavy (non-hydrogen) atoms. The predicted molar refractivity (Wildman–Crippen MR) is 60.0 cm³/mol. The SMILES string of the molecule is O=C([O-])[C@H]1CS[C@H](c2cc(F)ccc2Br)[NH2+]1. The van der Waals surface area contributed by atoms with Crippen molar-refractivity contribution in [1.29, 1.82) is 0 Å². The van der Waals surface area contributed by atoms with Gasteiger partial charge in [-0.1, -0.05) is 27.7 Å². The fraction of sp³-hybridized carbons (Fsp3) is 0.300. The van der Waals surface area contributed by atoms with Crippen LogP contribution < -0.4 is 10.4 Å². The Kier molecular flexibility index (Phi) is 3.51. The number of carboxylic acid groups (broad SMARTS) is 1. The van der Waals surface area contributed by atoms with Crippen LogP contribution in [0.4, 0.5) is 4.39 Å². The maximum atomic E-state index is 13.1. The molecule has 1 heterocycles. The van der Waals surface area contributed by atoms with Crippen molar-refractivity contribution in [2.45, 2.75) is 11.4 Å². The summed E-state index contributed by atoms with van der Waals surface area (Å²) in [5, 5.41) is 12.3. The number of quaternary nitrogens is 1. The predicted octanol–water partition coefficient (Wildman–Crippen LogP) is 0.0155. The minimum absolute atomic E-state index is 0.0898. The second-order valence-corrected chi connectivity index (χ2v) is 5.57. The quantitative estimate of drug-likeness (QED) is 0.838. The van der Waals surface area contributed by atoms with Gasteiger partial charge >= 0.3 is 0 Å². The molecule has 1 saturated heterocycles. The molecular formula is C10H9BrFNO2S. The highest BCUT2D eigenvalue weighted by Crippen LogP contribution is 2.32. The lowest BCUT2D eigenvalue weighted by molar-refractivity contribution is -0.690. The number of nitrogens with two attached hydrogens (primary N) is 1. The van der Waals surface area contributed by atoms with E-state index in [4.69, 9.17) is 0 Å². The van der Waals surface area contributed by atoms with Crippen molar-refractivity contribution in [2.24, 2.45) is 0 Å². The molecule has 2 rings (SSSR count). The zero-order chi connectivity index (χ0) is 11.7. The van der Waals surface area contributed by atoms with Gasteiger partial charge in [0.25, 0.3) is 0 Å². The summed E-state index contributed by atoms with van der Waals surface area (Å²) >= 11 is 4.82. The highest BCUT2D eigenvalue weighted by Gasteiger charge is 2.32. The summed E-state index contributed by atoms with van der Waals surface area (Å²) in [6, 6.07) is 3.87. The van der Waals surface area contributed by atoms with Gasteiger partial charge in [0.15, 0.2) is 5.37 Å². The molecule has 0 amide bonds.